The van der Waals surface area contributed by atoms with Gasteiger partial charge in [-0.25, -0.2) is 0 Å². The molecule has 1 aromatic carbocycles. The van der Waals surface area contributed by atoms with E-state index in [0.29, 0.717) is 11.5 Å². The lowest BCUT2D eigenvalue weighted by Crippen LogP contribution is -2.14. The fourth-order valence-corrected chi connectivity index (χ4v) is 1.60. The summed E-state index contributed by atoms with van der Waals surface area (Å²) in [5.41, 5.74) is 6.66. The molecule has 0 spiro atoms. The molecule has 1 aromatic heterocycles. The molecule has 2 rings (SSSR count). The van der Waals surface area contributed by atoms with Gasteiger partial charge in [-0.1, -0.05) is 30.3 Å². The number of benzene rings is 1. The van der Waals surface area contributed by atoms with Crippen LogP contribution in [0.15, 0.2) is 46.9 Å². The second kappa shape index (κ2) is 4.84. The lowest BCUT2D eigenvalue weighted by Gasteiger charge is -2.04. The lowest BCUT2D eigenvalue weighted by molar-refractivity contribution is -0.137. The van der Waals surface area contributed by atoms with E-state index in [1.165, 1.54) is 0 Å². The van der Waals surface area contributed by atoms with Gasteiger partial charge in [0.1, 0.15) is 11.5 Å². The summed E-state index contributed by atoms with van der Waals surface area (Å²) in [6.07, 6.45) is -0.137. The van der Waals surface area contributed by atoms with Crippen molar-refractivity contribution in [2.75, 3.05) is 0 Å². The maximum absolute atomic E-state index is 10.5. The molecule has 0 radical (unpaired) electrons. The van der Waals surface area contributed by atoms with Gasteiger partial charge in [-0.15, -0.1) is 0 Å². The summed E-state index contributed by atoms with van der Waals surface area (Å²) in [4.78, 5) is 10.5. The molecule has 0 aliphatic rings. The Morgan fingerprint density at radius 3 is 2.59 bits per heavy atom. The first-order chi connectivity index (χ1) is 8.16. The van der Waals surface area contributed by atoms with E-state index in [9.17, 15) is 4.79 Å². The SMILES string of the molecule is NC(CC(=O)O)c1ccc(-c2ccccc2)o1. The topological polar surface area (TPSA) is 76.5 Å². The molecule has 4 nitrogen and oxygen atoms in total. The van der Waals surface area contributed by atoms with Crippen molar-refractivity contribution in [2.45, 2.75) is 12.5 Å². The van der Waals surface area contributed by atoms with E-state index < -0.39 is 12.0 Å². The fraction of sp³-hybridized carbons (Fsp3) is 0.154. The van der Waals surface area contributed by atoms with Gasteiger partial charge in [0.05, 0.1) is 12.5 Å². The average Bonchev–Trinajstić information content (AvgIpc) is 2.78. The standard InChI is InChI=1S/C13H13NO3/c14-10(8-13(15)16)12-7-6-11(17-12)9-4-2-1-3-5-9/h1-7,10H,8,14H2,(H,15,16). The Kier molecular flexibility index (Phi) is 3.25. The molecule has 2 aromatic rings. The van der Waals surface area contributed by atoms with Gasteiger partial charge in [0, 0.05) is 5.56 Å². The number of hydrogen-bond donors (Lipinski definition) is 2. The average molecular weight is 231 g/mol. The Morgan fingerprint density at radius 2 is 1.94 bits per heavy atom. The summed E-state index contributed by atoms with van der Waals surface area (Å²) < 4.78 is 5.54. The predicted octanol–water partition coefficient (Wildman–Crippen LogP) is 2.42. The number of rotatable bonds is 4. The van der Waals surface area contributed by atoms with Crippen LogP contribution in [0.1, 0.15) is 18.2 Å². The van der Waals surface area contributed by atoms with Gasteiger partial charge in [0.2, 0.25) is 0 Å². The predicted molar refractivity (Wildman–Crippen MR) is 63.3 cm³/mol. The van der Waals surface area contributed by atoms with Crippen molar-refractivity contribution < 1.29 is 14.3 Å². The van der Waals surface area contributed by atoms with E-state index in [2.05, 4.69) is 0 Å². The molecule has 17 heavy (non-hydrogen) atoms. The van der Waals surface area contributed by atoms with Gasteiger partial charge >= 0.3 is 5.97 Å². The molecule has 0 aliphatic carbocycles. The Bertz CT molecular complexity index is 504. The zero-order valence-electron chi connectivity index (χ0n) is 9.17. The van der Waals surface area contributed by atoms with Crippen LogP contribution in [0.25, 0.3) is 11.3 Å². The Morgan fingerprint density at radius 1 is 1.24 bits per heavy atom. The summed E-state index contributed by atoms with van der Waals surface area (Å²) in [7, 11) is 0. The van der Waals surface area contributed by atoms with Crippen LogP contribution in [-0.4, -0.2) is 11.1 Å². The monoisotopic (exact) mass is 231 g/mol. The molecule has 0 fully saturated rings. The number of nitrogens with two attached hydrogens (primary N) is 1. The van der Waals surface area contributed by atoms with Crippen LogP contribution in [0.2, 0.25) is 0 Å². The molecular weight excluding hydrogens is 218 g/mol. The Balaban J connectivity index is 2.19. The molecule has 1 heterocycles. The maximum Gasteiger partial charge on any atom is 0.305 e. The Hall–Kier alpha value is -2.07. The van der Waals surface area contributed by atoms with Crippen molar-refractivity contribution >= 4 is 5.97 Å². The van der Waals surface area contributed by atoms with Crippen molar-refractivity contribution in [3.63, 3.8) is 0 Å². The molecular formula is C13H13NO3. The van der Waals surface area contributed by atoms with Gasteiger partial charge in [-0.2, -0.15) is 0 Å². The first-order valence-electron chi connectivity index (χ1n) is 5.29. The van der Waals surface area contributed by atoms with E-state index in [1.807, 2.05) is 30.3 Å². The molecule has 88 valence electrons. The molecule has 0 bridgehead atoms. The van der Waals surface area contributed by atoms with Crippen LogP contribution in [0.4, 0.5) is 0 Å². The molecule has 0 aliphatic heterocycles. The number of hydrogen-bond acceptors (Lipinski definition) is 3. The lowest BCUT2D eigenvalue weighted by atomic mass is 10.1. The van der Waals surface area contributed by atoms with Crippen LogP contribution in [0.5, 0.6) is 0 Å². The molecule has 4 heteroatoms. The maximum atomic E-state index is 10.5. The van der Waals surface area contributed by atoms with E-state index in [4.69, 9.17) is 15.3 Å². The molecule has 0 saturated heterocycles. The molecule has 0 amide bonds. The van der Waals surface area contributed by atoms with Crippen LogP contribution in [0, 0.1) is 0 Å². The number of aliphatic carboxylic acids is 1. The van der Waals surface area contributed by atoms with Crippen LogP contribution >= 0.6 is 0 Å². The Labute approximate surface area is 98.7 Å². The third-order valence-corrected chi connectivity index (χ3v) is 2.45. The summed E-state index contributed by atoms with van der Waals surface area (Å²) in [6, 6.07) is 12.5. The van der Waals surface area contributed by atoms with Gasteiger partial charge < -0.3 is 15.3 Å². The number of furan rings is 1. The van der Waals surface area contributed by atoms with Crippen molar-refractivity contribution in [2.24, 2.45) is 5.73 Å². The second-order valence-electron chi connectivity index (χ2n) is 3.77. The largest absolute Gasteiger partial charge is 0.481 e. The minimum atomic E-state index is -0.935. The number of carboxylic acid groups (broad SMARTS) is 1. The normalized spacial score (nSPS) is 12.3. The highest BCUT2D eigenvalue weighted by atomic mass is 16.4. The van der Waals surface area contributed by atoms with Crippen LogP contribution in [-0.2, 0) is 4.79 Å². The summed E-state index contributed by atoms with van der Waals surface area (Å²) in [5.74, 6) is 0.253. The van der Waals surface area contributed by atoms with Crippen LogP contribution < -0.4 is 5.73 Å². The van der Waals surface area contributed by atoms with Crippen LogP contribution in [0.3, 0.4) is 0 Å². The number of carbonyl (C=O) groups is 1. The highest BCUT2D eigenvalue weighted by molar-refractivity contribution is 5.67. The van der Waals surface area contributed by atoms with Gasteiger partial charge in [0.15, 0.2) is 0 Å². The molecule has 3 N–H and O–H groups in total. The summed E-state index contributed by atoms with van der Waals surface area (Å²) in [5, 5.41) is 8.65. The summed E-state index contributed by atoms with van der Waals surface area (Å²) >= 11 is 0. The summed E-state index contributed by atoms with van der Waals surface area (Å²) in [6.45, 7) is 0. The van der Waals surface area contributed by atoms with Crippen molar-refractivity contribution in [3.8, 4) is 11.3 Å². The smallest absolute Gasteiger partial charge is 0.305 e. The van der Waals surface area contributed by atoms with E-state index in [0.717, 1.165) is 5.56 Å². The quantitative estimate of drug-likeness (QED) is 0.847. The van der Waals surface area contributed by atoms with Crippen molar-refractivity contribution in [1.82, 2.24) is 0 Å². The third kappa shape index (κ3) is 2.73. The van der Waals surface area contributed by atoms with Gasteiger partial charge in [-0.3, -0.25) is 4.79 Å². The highest BCUT2D eigenvalue weighted by Gasteiger charge is 2.14. The third-order valence-electron chi connectivity index (χ3n) is 2.45. The fourth-order valence-electron chi connectivity index (χ4n) is 1.60. The first kappa shape index (κ1) is 11.4. The minimum absolute atomic E-state index is 0.137. The minimum Gasteiger partial charge on any atom is -0.481 e. The zero-order chi connectivity index (χ0) is 12.3. The van der Waals surface area contributed by atoms with Crippen molar-refractivity contribution in [1.29, 1.82) is 0 Å². The first-order valence-corrected chi connectivity index (χ1v) is 5.29. The molecule has 0 saturated carbocycles. The molecule has 1 atom stereocenters. The van der Waals surface area contributed by atoms with E-state index >= 15 is 0 Å². The highest BCUT2D eigenvalue weighted by Crippen LogP contribution is 2.25. The zero-order valence-corrected chi connectivity index (χ0v) is 9.17. The molecule has 1 unspecified atom stereocenters. The van der Waals surface area contributed by atoms with Gasteiger partial charge in [-0.05, 0) is 12.1 Å². The van der Waals surface area contributed by atoms with E-state index in [-0.39, 0.29) is 6.42 Å². The number of carboxylic acids is 1. The van der Waals surface area contributed by atoms with E-state index in [1.54, 1.807) is 12.1 Å². The second-order valence-corrected chi connectivity index (χ2v) is 3.77. The van der Waals surface area contributed by atoms with Gasteiger partial charge in [0.25, 0.3) is 0 Å². The van der Waals surface area contributed by atoms with Crippen molar-refractivity contribution in [3.05, 3.63) is 48.2 Å².